The van der Waals surface area contributed by atoms with Crippen molar-refractivity contribution in [3.05, 3.63) is 0 Å². The van der Waals surface area contributed by atoms with Gasteiger partial charge in [-0.15, -0.1) is 0 Å². The van der Waals surface area contributed by atoms with Crippen LogP contribution in [0.2, 0.25) is 0 Å². The van der Waals surface area contributed by atoms with E-state index in [0.717, 1.165) is 32.4 Å². The number of hydrogen-bond acceptors (Lipinski definition) is 4. The van der Waals surface area contributed by atoms with Crippen molar-refractivity contribution < 1.29 is 24.0 Å². The van der Waals surface area contributed by atoms with Gasteiger partial charge in [-0.1, -0.05) is 13.3 Å². The minimum atomic E-state index is -0.367. The summed E-state index contributed by atoms with van der Waals surface area (Å²) in [5.41, 5.74) is 0. The molecule has 2 fully saturated rings. The number of likely N-dealkylation sites (tertiary alicyclic amines) is 1. The molecule has 0 aromatic heterocycles. The largest absolute Gasteiger partial charge is 0.466 e. The van der Waals surface area contributed by atoms with Crippen LogP contribution in [0.1, 0.15) is 39.5 Å². The number of nitrogens with zero attached hydrogens (tertiary/aromatic N) is 1. The zero-order valence-electron chi connectivity index (χ0n) is 13.4. The number of rotatable bonds is 6. The zero-order chi connectivity index (χ0) is 16.1. The van der Waals surface area contributed by atoms with Crippen molar-refractivity contribution in [3.8, 4) is 0 Å². The number of nitrogens with one attached hydrogen (secondary N) is 2. The van der Waals surface area contributed by atoms with Crippen molar-refractivity contribution >= 4 is 17.9 Å². The lowest BCUT2D eigenvalue weighted by Crippen LogP contribution is -3.14. The molecule has 2 heterocycles. The summed E-state index contributed by atoms with van der Waals surface area (Å²) in [4.78, 5) is 38.3. The van der Waals surface area contributed by atoms with Crippen molar-refractivity contribution in [3.63, 3.8) is 0 Å². The summed E-state index contributed by atoms with van der Waals surface area (Å²) < 4.78 is 5.05. The van der Waals surface area contributed by atoms with E-state index in [4.69, 9.17) is 4.74 Å². The van der Waals surface area contributed by atoms with Crippen LogP contribution in [0.3, 0.4) is 0 Å². The Kier molecular flexibility index (Phi) is 5.76. The third-order valence-corrected chi connectivity index (χ3v) is 4.38. The first kappa shape index (κ1) is 16.7. The predicted molar refractivity (Wildman–Crippen MR) is 79.0 cm³/mol. The minimum Gasteiger partial charge on any atom is -0.466 e. The highest BCUT2D eigenvalue weighted by atomic mass is 16.5. The van der Waals surface area contributed by atoms with Gasteiger partial charge < -0.3 is 15.0 Å². The van der Waals surface area contributed by atoms with Crippen molar-refractivity contribution in [2.24, 2.45) is 5.92 Å². The molecule has 0 saturated carbocycles. The van der Waals surface area contributed by atoms with Crippen LogP contribution in [-0.2, 0) is 14.3 Å². The first-order valence-electron chi connectivity index (χ1n) is 8.18. The number of quaternary nitrogens is 1. The van der Waals surface area contributed by atoms with Crippen LogP contribution in [0.15, 0.2) is 0 Å². The van der Waals surface area contributed by atoms with Gasteiger partial charge in [0.25, 0.3) is 5.91 Å². The topological polar surface area (TPSA) is 80.2 Å². The van der Waals surface area contributed by atoms with Crippen molar-refractivity contribution in [1.29, 1.82) is 0 Å². The quantitative estimate of drug-likeness (QED) is 0.513. The van der Waals surface area contributed by atoms with Gasteiger partial charge in [-0.2, -0.15) is 0 Å². The summed E-state index contributed by atoms with van der Waals surface area (Å²) in [5.74, 6) is -0.286. The Labute approximate surface area is 131 Å². The van der Waals surface area contributed by atoms with E-state index in [2.05, 4.69) is 5.32 Å². The molecule has 1 atom stereocenters. The Morgan fingerprint density at radius 2 is 2.00 bits per heavy atom. The highest BCUT2D eigenvalue weighted by Gasteiger charge is 2.40. The number of esters is 1. The van der Waals surface area contributed by atoms with Gasteiger partial charge >= 0.3 is 12.0 Å². The number of piperidine rings is 1. The Bertz CT molecular complexity index is 433. The maximum absolute atomic E-state index is 12.2. The van der Waals surface area contributed by atoms with Crippen LogP contribution in [0.5, 0.6) is 0 Å². The number of carbonyl (C=O) groups excluding carboxylic acids is 3. The van der Waals surface area contributed by atoms with Crippen LogP contribution in [0.25, 0.3) is 0 Å². The second-order valence-corrected chi connectivity index (χ2v) is 5.99. The number of ether oxygens (including phenoxy) is 1. The second kappa shape index (κ2) is 7.58. The number of amides is 3. The Hall–Kier alpha value is -1.63. The van der Waals surface area contributed by atoms with Crippen LogP contribution >= 0.6 is 0 Å². The monoisotopic (exact) mass is 312 g/mol. The van der Waals surface area contributed by atoms with Crippen LogP contribution in [0, 0.1) is 5.92 Å². The molecule has 22 heavy (non-hydrogen) atoms. The molecule has 0 aromatic rings. The molecule has 0 spiro atoms. The Morgan fingerprint density at radius 3 is 2.59 bits per heavy atom. The summed E-state index contributed by atoms with van der Waals surface area (Å²) in [5, 5.41) is 2.74. The maximum atomic E-state index is 12.2. The molecule has 2 N–H and O–H groups in total. The van der Waals surface area contributed by atoms with Crippen LogP contribution in [0.4, 0.5) is 4.79 Å². The standard InChI is InChI=1S/C15H25N3O4/c1-3-5-12-13(19)18(15(21)16-12)10-17-8-6-11(7-9-17)14(20)22-4-2/h11-12H,3-10H2,1-2H3,(H,16,21)/p+1/t12-/m1/s1. The van der Waals surface area contributed by atoms with E-state index in [1.807, 2.05) is 13.8 Å². The van der Waals surface area contributed by atoms with Gasteiger partial charge in [-0.3, -0.25) is 9.59 Å². The maximum Gasteiger partial charge on any atom is 0.329 e. The Balaban J connectivity index is 1.82. The van der Waals surface area contributed by atoms with Crippen molar-refractivity contribution in [2.45, 2.75) is 45.6 Å². The minimum absolute atomic E-state index is 0.0420. The fraction of sp³-hybridized carbons (Fsp3) is 0.800. The van der Waals surface area contributed by atoms with Gasteiger partial charge in [-0.25, -0.2) is 9.69 Å². The van der Waals surface area contributed by atoms with Gasteiger partial charge in [0.15, 0.2) is 6.67 Å². The lowest BCUT2D eigenvalue weighted by Gasteiger charge is -2.29. The summed E-state index contributed by atoms with van der Waals surface area (Å²) >= 11 is 0. The van der Waals surface area contributed by atoms with Crippen molar-refractivity contribution in [1.82, 2.24) is 10.2 Å². The highest BCUT2D eigenvalue weighted by Crippen LogP contribution is 2.13. The molecule has 0 unspecified atom stereocenters. The summed E-state index contributed by atoms with van der Waals surface area (Å²) in [6.07, 6.45) is 3.04. The van der Waals surface area contributed by atoms with Crippen molar-refractivity contribution in [2.75, 3.05) is 26.4 Å². The smallest absolute Gasteiger partial charge is 0.329 e. The van der Waals surface area contributed by atoms with E-state index < -0.39 is 0 Å². The van der Waals surface area contributed by atoms with E-state index >= 15 is 0 Å². The summed E-state index contributed by atoms with van der Waals surface area (Å²) in [6.45, 7) is 6.15. The highest BCUT2D eigenvalue weighted by molar-refractivity contribution is 6.03. The number of imide groups is 1. The molecule has 2 rings (SSSR count). The molecular weight excluding hydrogens is 286 g/mol. The SMILES string of the molecule is CCC[C@H]1NC(=O)N(C[NH+]2CCC(C(=O)OCC)CC2)C1=O. The average Bonchev–Trinajstić information content (AvgIpc) is 2.76. The first-order chi connectivity index (χ1) is 10.6. The fourth-order valence-electron chi connectivity index (χ4n) is 3.11. The van der Waals surface area contributed by atoms with Gasteiger partial charge in [-0.05, 0) is 13.3 Å². The second-order valence-electron chi connectivity index (χ2n) is 5.99. The number of carbonyl (C=O) groups is 3. The molecule has 2 aliphatic rings. The van der Waals surface area contributed by atoms with Crippen LogP contribution < -0.4 is 10.2 Å². The van der Waals surface area contributed by atoms with Gasteiger partial charge in [0.1, 0.15) is 6.04 Å². The molecule has 0 aliphatic carbocycles. The summed E-state index contributed by atoms with van der Waals surface area (Å²) in [7, 11) is 0. The van der Waals surface area contributed by atoms with E-state index in [9.17, 15) is 14.4 Å². The normalized spacial score (nSPS) is 28.6. The van der Waals surface area contributed by atoms with Gasteiger partial charge in [0.2, 0.25) is 0 Å². The molecule has 0 aromatic carbocycles. The Morgan fingerprint density at radius 1 is 1.32 bits per heavy atom. The van der Waals surface area contributed by atoms with Gasteiger partial charge in [0, 0.05) is 12.8 Å². The molecule has 124 valence electrons. The molecular formula is C15H26N3O4+. The summed E-state index contributed by atoms with van der Waals surface area (Å²) in [6, 6.07) is -0.655. The molecule has 2 saturated heterocycles. The molecule has 2 aliphatic heterocycles. The van der Waals surface area contributed by atoms with E-state index in [-0.39, 0.29) is 29.9 Å². The van der Waals surface area contributed by atoms with Crippen LogP contribution in [-0.4, -0.2) is 55.2 Å². The first-order valence-corrected chi connectivity index (χ1v) is 8.18. The van der Waals surface area contributed by atoms with E-state index in [1.54, 1.807) is 0 Å². The third-order valence-electron chi connectivity index (χ3n) is 4.38. The van der Waals surface area contributed by atoms with E-state index in [0.29, 0.717) is 19.7 Å². The lowest BCUT2D eigenvalue weighted by molar-refractivity contribution is -0.913. The third kappa shape index (κ3) is 3.76. The molecule has 3 amide bonds. The number of urea groups is 1. The molecule has 0 bridgehead atoms. The average molecular weight is 312 g/mol. The molecule has 7 heteroatoms. The zero-order valence-corrected chi connectivity index (χ0v) is 13.4. The predicted octanol–water partition coefficient (Wildman–Crippen LogP) is -0.478. The molecule has 0 radical (unpaired) electrons. The number of hydrogen-bond donors (Lipinski definition) is 2. The fourth-order valence-corrected chi connectivity index (χ4v) is 3.11. The van der Waals surface area contributed by atoms with E-state index in [1.165, 1.54) is 9.80 Å². The lowest BCUT2D eigenvalue weighted by atomic mass is 9.97. The molecule has 7 nitrogen and oxygen atoms in total. The van der Waals surface area contributed by atoms with Gasteiger partial charge in [0.05, 0.1) is 25.6 Å².